The fourth-order valence-corrected chi connectivity index (χ4v) is 2.17. The monoisotopic (exact) mass is 316 g/mol. The molecule has 0 radical (unpaired) electrons. The van der Waals surface area contributed by atoms with Crippen LogP contribution in [0.1, 0.15) is 17.3 Å². The second-order valence-electron chi connectivity index (χ2n) is 3.14. The zero-order valence-electron chi connectivity index (χ0n) is 8.92. The predicted molar refractivity (Wildman–Crippen MR) is 66.6 cm³/mol. The number of ketones is 1. The van der Waals surface area contributed by atoms with Crippen LogP contribution in [0.3, 0.4) is 0 Å². The molecule has 0 aliphatic rings. The fraction of sp³-hybridized carbons (Fsp3) is 0.200. The zero-order valence-corrected chi connectivity index (χ0v) is 11.3. The Kier molecular flexibility index (Phi) is 4.34. The lowest BCUT2D eigenvalue weighted by atomic mass is 10.1. The van der Waals surface area contributed by atoms with Gasteiger partial charge >= 0.3 is 5.04 Å². The Morgan fingerprint density at radius 3 is 2.29 bits per heavy atom. The first-order valence-electron chi connectivity index (χ1n) is 4.67. The van der Waals surface area contributed by atoms with Crippen LogP contribution in [0.4, 0.5) is 0 Å². The molecule has 0 saturated heterocycles. The second kappa shape index (κ2) is 5.35. The van der Waals surface area contributed by atoms with Gasteiger partial charge in [-0.05, 0) is 24.3 Å². The van der Waals surface area contributed by atoms with Gasteiger partial charge in [0, 0.05) is 10.0 Å². The molecule has 90 valence electrons. The quantitative estimate of drug-likeness (QED) is 0.279. The molecule has 5 nitrogen and oxygen atoms in total. The maximum atomic E-state index is 11.8. The molecule has 0 aliphatic heterocycles. The molecule has 1 aromatic rings. The molecule has 1 rings (SSSR count). The van der Waals surface area contributed by atoms with E-state index in [-0.39, 0.29) is 11.3 Å². The SMILES string of the molecule is CCS(=O)(=O)C(=[N+]=[N-])C(=O)c1ccc(Br)cc1. The van der Waals surface area contributed by atoms with Gasteiger partial charge in [0.25, 0.3) is 15.6 Å². The highest BCUT2D eigenvalue weighted by atomic mass is 79.9. The maximum absolute atomic E-state index is 11.8. The van der Waals surface area contributed by atoms with Crippen molar-refractivity contribution in [1.82, 2.24) is 0 Å². The number of benzene rings is 1. The van der Waals surface area contributed by atoms with Gasteiger partial charge in [0.1, 0.15) is 0 Å². The van der Waals surface area contributed by atoms with Crippen molar-refractivity contribution >= 4 is 36.6 Å². The summed E-state index contributed by atoms with van der Waals surface area (Å²) in [4.78, 5) is 14.4. The Balaban J connectivity index is 3.22. The summed E-state index contributed by atoms with van der Waals surface area (Å²) in [6, 6.07) is 6.09. The van der Waals surface area contributed by atoms with E-state index in [0.717, 1.165) is 4.47 Å². The summed E-state index contributed by atoms with van der Waals surface area (Å²) in [7, 11) is -3.83. The third-order valence-corrected chi connectivity index (χ3v) is 4.21. The molecule has 0 fully saturated rings. The Labute approximate surface area is 107 Å². The fourth-order valence-electron chi connectivity index (χ4n) is 1.11. The number of rotatable bonds is 3. The van der Waals surface area contributed by atoms with Crippen molar-refractivity contribution in [3.8, 4) is 0 Å². The molecule has 0 amide bonds. The van der Waals surface area contributed by atoms with Gasteiger partial charge in [-0.2, -0.15) is 0 Å². The predicted octanol–water partition coefficient (Wildman–Crippen LogP) is 1.69. The van der Waals surface area contributed by atoms with Gasteiger partial charge in [-0.3, -0.25) is 4.79 Å². The van der Waals surface area contributed by atoms with Gasteiger partial charge in [0.2, 0.25) is 0 Å². The Bertz CT molecular complexity index is 586. The first-order valence-corrected chi connectivity index (χ1v) is 7.12. The number of nitrogens with zero attached hydrogens (tertiary/aromatic N) is 2. The van der Waals surface area contributed by atoms with Gasteiger partial charge in [0.15, 0.2) is 0 Å². The highest BCUT2D eigenvalue weighted by Crippen LogP contribution is 2.12. The largest absolute Gasteiger partial charge is 0.452 e. The molecule has 17 heavy (non-hydrogen) atoms. The molecule has 1 aromatic carbocycles. The number of carbonyl (C=O) groups excluding carboxylic acids is 1. The minimum absolute atomic E-state index is 0.151. The van der Waals surface area contributed by atoms with Crippen molar-refractivity contribution in [3.63, 3.8) is 0 Å². The molecule has 0 heterocycles. The molecule has 0 aromatic heterocycles. The van der Waals surface area contributed by atoms with E-state index in [1.54, 1.807) is 12.1 Å². The molecule has 0 bridgehead atoms. The van der Waals surface area contributed by atoms with E-state index < -0.39 is 20.7 Å². The Hall–Kier alpha value is -1.30. The highest BCUT2D eigenvalue weighted by molar-refractivity contribution is 9.10. The van der Waals surface area contributed by atoms with Crippen LogP contribution in [-0.2, 0) is 9.84 Å². The molecule has 0 saturated carbocycles. The molecule has 0 spiro atoms. The highest BCUT2D eigenvalue weighted by Gasteiger charge is 2.34. The summed E-state index contributed by atoms with van der Waals surface area (Å²) < 4.78 is 23.7. The summed E-state index contributed by atoms with van der Waals surface area (Å²) in [6.45, 7) is 1.37. The summed E-state index contributed by atoms with van der Waals surface area (Å²) in [5.74, 6) is -1.11. The van der Waals surface area contributed by atoms with E-state index in [1.807, 2.05) is 0 Å². The van der Waals surface area contributed by atoms with Crippen LogP contribution in [0, 0.1) is 0 Å². The van der Waals surface area contributed by atoms with Gasteiger partial charge in [-0.15, -0.1) is 4.79 Å². The van der Waals surface area contributed by atoms with E-state index in [2.05, 4.69) is 20.7 Å². The topological polar surface area (TPSA) is 87.6 Å². The molecule has 0 atom stereocenters. The summed E-state index contributed by atoms with van der Waals surface area (Å²) in [5.41, 5.74) is 8.81. The normalized spacial score (nSPS) is 10.7. The van der Waals surface area contributed by atoms with Crippen LogP contribution in [0.15, 0.2) is 28.7 Å². The van der Waals surface area contributed by atoms with Crippen LogP contribution in [0.2, 0.25) is 0 Å². The smallest absolute Gasteiger partial charge is 0.360 e. The number of hydrogen-bond donors (Lipinski definition) is 0. The maximum Gasteiger partial charge on any atom is 0.452 e. The summed E-state index contributed by atoms with van der Waals surface area (Å²) in [6.07, 6.45) is 0. The molecule has 0 N–H and O–H groups in total. The number of halogens is 1. The van der Waals surface area contributed by atoms with Crippen LogP contribution < -0.4 is 0 Å². The minimum Gasteiger partial charge on any atom is -0.360 e. The van der Waals surface area contributed by atoms with Crippen LogP contribution in [-0.4, -0.2) is 29.8 Å². The molecular formula is C10H9BrN2O3S. The number of Topliss-reactive ketones (excluding diaryl/α,β-unsaturated/α-hetero) is 1. The summed E-state index contributed by atoms with van der Waals surface area (Å²) >= 11 is 3.19. The Morgan fingerprint density at radius 1 is 1.35 bits per heavy atom. The Morgan fingerprint density at radius 2 is 1.88 bits per heavy atom. The van der Waals surface area contributed by atoms with Crippen molar-refractivity contribution < 1.29 is 18.0 Å². The first-order chi connectivity index (χ1) is 7.92. The molecule has 0 unspecified atom stereocenters. The lowest BCUT2D eigenvalue weighted by molar-refractivity contribution is -0.00156. The lowest BCUT2D eigenvalue weighted by Crippen LogP contribution is -2.27. The summed E-state index contributed by atoms with van der Waals surface area (Å²) in [5, 5.41) is -0.831. The van der Waals surface area contributed by atoms with Crippen molar-refractivity contribution in [2.45, 2.75) is 6.92 Å². The van der Waals surface area contributed by atoms with Gasteiger partial charge in [-0.25, -0.2) is 8.42 Å². The number of hydrogen-bond acceptors (Lipinski definition) is 3. The van der Waals surface area contributed by atoms with Crippen LogP contribution in [0.25, 0.3) is 5.53 Å². The van der Waals surface area contributed by atoms with Crippen molar-refractivity contribution in [2.75, 3.05) is 5.75 Å². The van der Waals surface area contributed by atoms with Gasteiger partial charge < -0.3 is 5.53 Å². The lowest BCUT2D eigenvalue weighted by Gasteiger charge is -1.97. The van der Waals surface area contributed by atoms with Crippen molar-refractivity contribution in [3.05, 3.63) is 39.8 Å². The van der Waals surface area contributed by atoms with Gasteiger partial charge in [-0.1, -0.05) is 22.9 Å². The number of carbonyl (C=O) groups is 1. The van der Waals surface area contributed by atoms with Crippen LogP contribution in [0.5, 0.6) is 0 Å². The van der Waals surface area contributed by atoms with E-state index >= 15 is 0 Å². The molecular weight excluding hydrogens is 308 g/mol. The molecule has 7 heteroatoms. The standard InChI is InChI=1S/C10H9BrN2O3S/c1-2-17(15,16)10(13-12)9(14)7-3-5-8(11)6-4-7/h3-6H,2H2,1H3. The van der Waals surface area contributed by atoms with E-state index in [4.69, 9.17) is 5.53 Å². The minimum atomic E-state index is -3.83. The third-order valence-electron chi connectivity index (χ3n) is 2.07. The number of sulfone groups is 1. The average molecular weight is 317 g/mol. The molecule has 0 aliphatic carbocycles. The van der Waals surface area contributed by atoms with Gasteiger partial charge in [0.05, 0.1) is 5.75 Å². The van der Waals surface area contributed by atoms with Crippen molar-refractivity contribution in [2.24, 2.45) is 0 Å². The second-order valence-corrected chi connectivity index (χ2v) is 6.25. The zero-order chi connectivity index (χ0) is 13.1. The van der Waals surface area contributed by atoms with E-state index in [9.17, 15) is 13.2 Å². The van der Waals surface area contributed by atoms with E-state index in [0.29, 0.717) is 0 Å². The first kappa shape index (κ1) is 13.8. The van der Waals surface area contributed by atoms with E-state index in [1.165, 1.54) is 19.1 Å². The average Bonchev–Trinajstić information content (AvgIpc) is 2.30. The third kappa shape index (κ3) is 3.09. The van der Waals surface area contributed by atoms with Crippen molar-refractivity contribution in [1.29, 1.82) is 0 Å². The van der Waals surface area contributed by atoms with Crippen LogP contribution >= 0.6 is 15.9 Å².